The van der Waals surface area contributed by atoms with Crippen molar-refractivity contribution in [1.82, 2.24) is 4.90 Å². The summed E-state index contributed by atoms with van der Waals surface area (Å²) in [4.78, 5) is 16.4. The summed E-state index contributed by atoms with van der Waals surface area (Å²) in [7, 11) is 0. The molecule has 0 bridgehead atoms. The minimum absolute atomic E-state index is 0.0549. The van der Waals surface area contributed by atoms with Gasteiger partial charge < -0.3 is 19.6 Å². The van der Waals surface area contributed by atoms with Crippen molar-refractivity contribution >= 4 is 11.6 Å². The lowest BCUT2D eigenvalue weighted by Gasteiger charge is -2.30. The predicted octanol–water partition coefficient (Wildman–Crippen LogP) is 1.85. The minimum atomic E-state index is -0.0549. The van der Waals surface area contributed by atoms with E-state index in [1.54, 1.807) is 12.1 Å². The van der Waals surface area contributed by atoms with Gasteiger partial charge in [0, 0.05) is 37.9 Å². The van der Waals surface area contributed by atoms with Crippen LogP contribution in [0.1, 0.15) is 29.6 Å². The van der Waals surface area contributed by atoms with Gasteiger partial charge in [-0.3, -0.25) is 4.79 Å². The van der Waals surface area contributed by atoms with Gasteiger partial charge >= 0.3 is 0 Å². The molecular formula is C16H22N2O3. The fourth-order valence-electron chi connectivity index (χ4n) is 2.99. The topological polar surface area (TPSA) is 53.0 Å². The summed E-state index contributed by atoms with van der Waals surface area (Å²) in [5.41, 5.74) is 1.36. The molecule has 2 aliphatic heterocycles. The molecule has 1 amide bonds. The third-order valence-corrected chi connectivity index (χ3v) is 4.23. The number of morpholine rings is 1. The Morgan fingerprint density at radius 1 is 1.05 bits per heavy atom. The second-order valence-corrected chi connectivity index (χ2v) is 5.65. The molecule has 0 aromatic heterocycles. The maximum absolute atomic E-state index is 12.4. The van der Waals surface area contributed by atoms with Crippen LogP contribution >= 0.6 is 0 Å². The smallest absolute Gasteiger partial charge is 0.257 e. The molecule has 3 rings (SSSR count). The molecule has 1 N–H and O–H groups in total. The normalized spacial score (nSPS) is 19.6. The van der Waals surface area contributed by atoms with E-state index >= 15 is 0 Å². The number of nitrogens with zero attached hydrogens (tertiary/aromatic N) is 2. The summed E-state index contributed by atoms with van der Waals surface area (Å²) in [6, 6.07) is 5.36. The number of aromatic hydroxyl groups is 1. The second-order valence-electron chi connectivity index (χ2n) is 5.65. The molecule has 1 aromatic rings. The van der Waals surface area contributed by atoms with Gasteiger partial charge in [-0.25, -0.2) is 0 Å². The fourth-order valence-corrected chi connectivity index (χ4v) is 2.99. The van der Waals surface area contributed by atoms with E-state index < -0.39 is 0 Å². The Balaban J connectivity index is 1.75. The zero-order valence-corrected chi connectivity index (χ0v) is 12.3. The summed E-state index contributed by atoms with van der Waals surface area (Å²) in [6.07, 6.45) is 3.29. The van der Waals surface area contributed by atoms with Gasteiger partial charge in [0.2, 0.25) is 0 Å². The number of amides is 1. The number of carbonyl (C=O) groups is 1. The van der Waals surface area contributed by atoms with Crippen molar-refractivity contribution in [3.8, 4) is 5.75 Å². The lowest BCUT2D eigenvalue weighted by molar-refractivity contribution is 0.0721. The Hall–Kier alpha value is -1.75. The standard InChI is InChI=1S/C16H22N2O3/c19-15-12-13(17-8-10-21-11-9-17)4-5-14(15)16(20)18-6-2-1-3-7-18/h4-5,12,19H,1-3,6-11H2. The molecule has 2 heterocycles. The Bertz CT molecular complexity index is 506. The highest BCUT2D eigenvalue weighted by atomic mass is 16.5. The Morgan fingerprint density at radius 2 is 1.76 bits per heavy atom. The maximum Gasteiger partial charge on any atom is 0.257 e. The maximum atomic E-state index is 12.4. The average Bonchev–Trinajstić information content (AvgIpc) is 2.56. The predicted molar refractivity (Wildman–Crippen MR) is 80.9 cm³/mol. The number of hydrogen-bond donors (Lipinski definition) is 1. The molecule has 2 fully saturated rings. The third-order valence-electron chi connectivity index (χ3n) is 4.23. The van der Waals surface area contributed by atoms with Crippen LogP contribution in [0.25, 0.3) is 0 Å². The van der Waals surface area contributed by atoms with Gasteiger partial charge in [0.05, 0.1) is 18.8 Å². The van der Waals surface area contributed by atoms with Crippen LogP contribution in [0.5, 0.6) is 5.75 Å². The summed E-state index contributed by atoms with van der Waals surface area (Å²) in [5, 5.41) is 10.2. The van der Waals surface area contributed by atoms with Crippen LogP contribution < -0.4 is 4.90 Å². The monoisotopic (exact) mass is 290 g/mol. The number of anilines is 1. The summed E-state index contributed by atoms with van der Waals surface area (Å²) in [5.74, 6) is 0.0234. The number of phenolic OH excluding ortho intramolecular Hbond substituents is 1. The summed E-state index contributed by atoms with van der Waals surface area (Å²) < 4.78 is 5.33. The van der Waals surface area contributed by atoms with Crippen molar-refractivity contribution < 1.29 is 14.6 Å². The summed E-state index contributed by atoms with van der Waals surface area (Å²) >= 11 is 0. The van der Waals surface area contributed by atoms with Gasteiger partial charge in [-0.15, -0.1) is 0 Å². The van der Waals surface area contributed by atoms with Gasteiger partial charge in [-0.1, -0.05) is 0 Å². The molecule has 0 unspecified atom stereocenters. The molecule has 0 atom stereocenters. The van der Waals surface area contributed by atoms with Crippen LogP contribution in [-0.2, 0) is 4.74 Å². The molecule has 5 nitrogen and oxygen atoms in total. The Kier molecular flexibility index (Phi) is 4.29. The van der Waals surface area contributed by atoms with Crippen LogP contribution in [0.2, 0.25) is 0 Å². The van der Waals surface area contributed by atoms with E-state index in [1.807, 2.05) is 11.0 Å². The highest BCUT2D eigenvalue weighted by Crippen LogP contribution is 2.27. The van der Waals surface area contributed by atoms with E-state index in [1.165, 1.54) is 6.42 Å². The van der Waals surface area contributed by atoms with Crippen molar-refractivity contribution in [2.24, 2.45) is 0 Å². The molecule has 1 aromatic carbocycles. The number of ether oxygens (including phenoxy) is 1. The molecule has 2 aliphatic rings. The zero-order valence-electron chi connectivity index (χ0n) is 12.3. The van der Waals surface area contributed by atoms with Crippen LogP contribution in [0.15, 0.2) is 18.2 Å². The number of rotatable bonds is 2. The quantitative estimate of drug-likeness (QED) is 0.903. The van der Waals surface area contributed by atoms with Gasteiger partial charge in [-0.2, -0.15) is 0 Å². The van der Waals surface area contributed by atoms with Gasteiger partial charge in [0.15, 0.2) is 0 Å². The van der Waals surface area contributed by atoms with Crippen LogP contribution in [-0.4, -0.2) is 55.3 Å². The molecular weight excluding hydrogens is 268 g/mol. The lowest BCUT2D eigenvalue weighted by Crippen LogP contribution is -2.36. The van der Waals surface area contributed by atoms with E-state index in [4.69, 9.17) is 4.74 Å². The molecule has 5 heteroatoms. The molecule has 0 aliphatic carbocycles. The van der Waals surface area contributed by atoms with Crippen LogP contribution in [0.3, 0.4) is 0 Å². The largest absolute Gasteiger partial charge is 0.507 e. The Labute approximate surface area is 125 Å². The van der Waals surface area contributed by atoms with Crippen molar-refractivity contribution in [2.45, 2.75) is 19.3 Å². The van der Waals surface area contributed by atoms with Crippen molar-refractivity contribution in [1.29, 1.82) is 0 Å². The molecule has 21 heavy (non-hydrogen) atoms. The molecule has 0 saturated carbocycles. The van der Waals surface area contributed by atoms with E-state index in [-0.39, 0.29) is 11.7 Å². The van der Waals surface area contributed by atoms with E-state index in [9.17, 15) is 9.90 Å². The van der Waals surface area contributed by atoms with Crippen molar-refractivity contribution in [2.75, 3.05) is 44.3 Å². The third kappa shape index (κ3) is 3.13. The van der Waals surface area contributed by atoms with E-state index in [2.05, 4.69) is 4.90 Å². The van der Waals surface area contributed by atoms with Gasteiger partial charge in [0.1, 0.15) is 5.75 Å². The molecule has 0 radical (unpaired) electrons. The molecule has 2 saturated heterocycles. The minimum Gasteiger partial charge on any atom is -0.507 e. The first-order chi connectivity index (χ1) is 10.3. The molecule has 114 valence electrons. The number of phenols is 1. The highest BCUT2D eigenvalue weighted by Gasteiger charge is 2.21. The number of likely N-dealkylation sites (tertiary alicyclic amines) is 1. The van der Waals surface area contributed by atoms with Crippen molar-refractivity contribution in [3.63, 3.8) is 0 Å². The average molecular weight is 290 g/mol. The highest BCUT2D eigenvalue weighted by molar-refractivity contribution is 5.97. The first kappa shape index (κ1) is 14.2. The SMILES string of the molecule is O=C(c1ccc(N2CCOCC2)cc1O)N1CCCCC1. The zero-order chi connectivity index (χ0) is 14.7. The first-order valence-electron chi connectivity index (χ1n) is 7.71. The number of piperidine rings is 1. The number of hydrogen-bond acceptors (Lipinski definition) is 4. The molecule has 0 spiro atoms. The van der Waals surface area contributed by atoms with Gasteiger partial charge in [-0.05, 0) is 31.4 Å². The number of carbonyl (C=O) groups excluding carboxylic acids is 1. The van der Waals surface area contributed by atoms with Crippen LogP contribution in [0, 0.1) is 0 Å². The van der Waals surface area contributed by atoms with Crippen LogP contribution in [0.4, 0.5) is 5.69 Å². The van der Waals surface area contributed by atoms with E-state index in [0.717, 1.165) is 44.7 Å². The summed E-state index contributed by atoms with van der Waals surface area (Å²) in [6.45, 7) is 4.63. The van der Waals surface area contributed by atoms with Crippen molar-refractivity contribution in [3.05, 3.63) is 23.8 Å². The number of benzene rings is 1. The Morgan fingerprint density at radius 3 is 2.43 bits per heavy atom. The first-order valence-corrected chi connectivity index (χ1v) is 7.71. The lowest BCUT2D eigenvalue weighted by atomic mass is 10.1. The second kappa shape index (κ2) is 6.35. The van der Waals surface area contributed by atoms with Gasteiger partial charge in [0.25, 0.3) is 5.91 Å². The fraction of sp³-hybridized carbons (Fsp3) is 0.562. The van der Waals surface area contributed by atoms with E-state index in [0.29, 0.717) is 18.8 Å².